The lowest BCUT2D eigenvalue weighted by Gasteiger charge is -2.21. The summed E-state index contributed by atoms with van der Waals surface area (Å²) in [6.07, 6.45) is 0.773. The van der Waals surface area contributed by atoms with Crippen LogP contribution in [0.1, 0.15) is 26.7 Å². The van der Waals surface area contributed by atoms with Crippen LogP contribution >= 0.6 is 0 Å². The van der Waals surface area contributed by atoms with Crippen LogP contribution in [0.2, 0.25) is 0 Å². The fourth-order valence-corrected chi connectivity index (χ4v) is 1.05. The second-order valence-electron chi connectivity index (χ2n) is 2.70. The molecular weight excluding hydrogens is 148 g/mol. The molecule has 1 atom stereocenters. The van der Waals surface area contributed by atoms with E-state index in [1.165, 1.54) is 6.92 Å². The number of rotatable bonds is 1. The molecule has 0 spiro atoms. The summed E-state index contributed by atoms with van der Waals surface area (Å²) >= 11 is 0. The quantitative estimate of drug-likeness (QED) is 0.524. The zero-order valence-corrected chi connectivity index (χ0v) is 6.55. The maximum atomic E-state index is 10.6. The SMILES string of the molecule is CC(=O)O[C@@]1(C)CCC(=O)O1. The Hall–Kier alpha value is -1.06. The standard InChI is InChI=1S/C7H10O4/c1-5(8)10-7(2)4-3-6(9)11-7/h3-4H2,1-2H3/t7-/m1/s1. The van der Waals surface area contributed by atoms with Crippen LogP contribution in [-0.4, -0.2) is 17.7 Å². The van der Waals surface area contributed by atoms with Crippen molar-refractivity contribution >= 4 is 11.9 Å². The van der Waals surface area contributed by atoms with Gasteiger partial charge in [0.05, 0.1) is 6.42 Å². The first-order valence-corrected chi connectivity index (χ1v) is 3.43. The van der Waals surface area contributed by atoms with Crippen molar-refractivity contribution in [2.75, 3.05) is 0 Å². The van der Waals surface area contributed by atoms with Crippen molar-refractivity contribution in [3.05, 3.63) is 0 Å². The number of hydrogen-bond donors (Lipinski definition) is 0. The maximum Gasteiger partial charge on any atom is 0.309 e. The maximum absolute atomic E-state index is 10.6. The molecule has 4 heteroatoms. The van der Waals surface area contributed by atoms with Crippen LogP contribution < -0.4 is 0 Å². The molecule has 62 valence electrons. The number of ether oxygens (including phenoxy) is 2. The number of carbonyl (C=O) groups is 2. The Morgan fingerprint density at radius 2 is 2.36 bits per heavy atom. The molecule has 0 saturated carbocycles. The van der Waals surface area contributed by atoms with E-state index in [1.54, 1.807) is 6.92 Å². The lowest BCUT2D eigenvalue weighted by Crippen LogP contribution is -2.29. The van der Waals surface area contributed by atoms with Gasteiger partial charge in [0.25, 0.3) is 5.79 Å². The molecule has 1 saturated heterocycles. The lowest BCUT2D eigenvalue weighted by molar-refractivity contribution is -0.205. The van der Waals surface area contributed by atoms with Crippen LogP contribution in [0, 0.1) is 0 Å². The summed E-state index contributed by atoms with van der Waals surface area (Å²) in [7, 11) is 0. The van der Waals surface area contributed by atoms with Crippen molar-refractivity contribution in [1.29, 1.82) is 0 Å². The summed E-state index contributed by atoms with van der Waals surface area (Å²) < 4.78 is 9.56. The highest BCUT2D eigenvalue weighted by molar-refractivity contribution is 5.73. The molecule has 0 aromatic carbocycles. The number of cyclic esters (lactones) is 1. The van der Waals surface area contributed by atoms with E-state index >= 15 is 0 Å². The van der Waals surface area contributed by atoms with Gasteiger partial charge in [0, 0.05) is 20.3 Å². The summed E-state index contributed by atoms with van der Waals surface area (Å²) in [4.78, 5) is 21.1. The zero-order chi connectivity index (χ0) is 8.48. The monoisotopic (exact) mass is 158 g/mol. The van der Waals surface area contributed by atoms with E-state index in [4.69, 9.17) is 9.47 Å². The molecular formula is C7H10O4. The fraction of sp³-hybridized carbons (Fsp3) is 0.714. The number of esters is 2. The Bertz CT molecular complexity index is 199. The zero-order valence-electron chi connectivity index (χ0n) is 6.55. The minimum Gasteiger partial charge on any atom is -0.423 e. The molecule has 11 heavy (non-hydrogen) atoms. The Labute approximate surface area is 64.5 Å². The second kappa shape index (κ2) is 2.53. The van der Waals surface area contributed by atoms with E-state index in [0.29, 0.717) is 12.8 Å². The summed E-state index contributed by atoms with van der Waals surface area (Å²) in [6, 6.07) is 0. The van der Waals surface area contributed by atoms with Crippen molar-refractivity contribution in [2.24, 2.45) is 0 Å². The number of hydrogen-bond acceptors (Lipinski definition) is 4. The Morgan fingerprint density at radius 1 is 1.73 bits per heavy atom. The minimum absolute atomic E-state index is 0.311. The third-order valence-electron chi connectivity index (χ3n) is 1.47. The Kier molecular flexibility index (Phi) is 1.85. The topological polar surface area (TPSA) is 52.6 Å². The van der Waals surface area contributed by atoms with Crippen molar-refractivity contribution in [3.63, 3.8) is 0 Å². The predicted octanol–water partition coefficient (Wildman–Crippen LogP) is 0.603. The van der Waals surface area contributed by atoms with E-state index in [1.807, 2.05) is 0 Å². The molecule has 0 aromatic rings. The molecule has 1 aliphatic heterocycles. The van der Waals surface area contributed by atoms with Gasteiger partial charge in [-0.2, -0.15) is 0 Å². The van der Waals surface area contributed by atoms with Gasteiger partial charge in [-0.1, -0.05) is 0 Å². The van der Waals surface area contributed by atoms with Gasteiger partial charge in [-0.25, -0.2) is 0 Å². The summed E-state index contributed by atoms with van der Waals surface area (Å²) in [5.41, 5.74) is 0. The van der Waals surface area contributed by atoms with E-state index in [0.717, 1.165) is 0 Å². The van der Waals surface area contributed by atoms with Gasteiger partial charge in [0.1, 0.15) is 0 Å². The van der Waals surface area contributed by atoms with Crippen molar-refractivity contribution < 1.29 is 19.1 Å². The predicted molar refractivity (Wildman–Crippen MR) is 35.5 cm³/mol. The van der Waals surface area contributed by atoms with Crippen LogP contribution in [-0.2, 0) is 19.1 Å². The first-order valence-electron chi connectivity index (χ1n) is 3.43. The first kappa shape index (κ1) is 8.04. The Balaban J connectivity index is 2.55. The van der Waals surface area contributed by atoms with Crippen LogP contribution in [0.25, 0.3) is 0 Å². The average Bonchev–Trinajstić information content (AvgIpc) is 2.08. The third-order valence-corrected chi connectivity index (χ3v) is 1.47. The van der Waals surface area contributed by atoms with Crippen LogP contribution in [0.3, 0.4) is 0 Å². The molecule has 0 aliphatic carbocycles. The summed E-state index contributed by atoms with van der Waals surface area (Å²) in [5, 5.41) is 0. The van der Waals surface area contributed by atoms with E-state index in [-0.39, 0.29) is 5.97 Å². The minimum atomic E-state index is -1.01. The smallest absolute Gasteiger partial charge is 0.309 e. The molecule has 0 bridgehead atoms. The van der Waals surface area contributed by atoms with Gasteiger partial charge < -0.3 is 9.47 Å². The largest absolute Gasteiger partial charge is 0.423 e. The molecule has 0 N–H and O–H groups in total. The summed E-state index contributed by atoms with van der Waals surface area (Å²) in [6.45, 7) is 2.87. The van der Waals surface area contributed by atoms with Crippen LogP contribution in [0.4, 0.5) is 0 Å². The van der Waals surface area contributed by atoms with E-state index in [9.17, 15) is 9.59 Å². The van der Waals surface area contributed by atoms with Crippen molar-refractivity contribution in [2.45, 2.75) is 32.5 Å². The normalized spacial score (nSPS) is 29.8. The highest BCUT2D eigenvalue weighted by Gasteiger charge is 2.38. The molecule has 0 aromatic heterocycles. The third kappa shape index (κ3) is 1.93. The molecule has 1 rings (SSSR count). The van der Waals surface area contributed by atoms with Gasteiger partial charge in [0.2, 0.25) is 0 Å². The van der Waals surface area contributed by atoms with Crippen LogP contribution in [0.15, 0.2) is 0 Å². The lowest BCUT2D eigenvalue weighted by atomic mass is 10.2. The number of carbonyl (C=O) groups excluding carboxylic acids is 2. The Morgan fingerprint density at radius 3 is 2.73 bits per heavy atom. The fourth-order valence-electron chi connectivity index (χ4n) is 1.05. The van der Waals surface area contributed by atoms with Crippen molar-refractivity contribution in [1.82, 2.24) is 0 Å². The van der Waals surface area contributed by atoms with E-state index < -0.39 is 11.8 Å². The highest BCUT2D eigenvalue weighted by atomic mass is 16.7. The molecule has 4 nitrogen and oxygen atoms in total. The summed E-state index contributed by atoms with van der Waals surface area (Å²) in [5.74, 6) is -1.75. The van der Waals surface area contributed by atoms with Gasteiger partial charge >= 0.3 is 11.9 Å². The molecule has 0 radical (unpaired) electrons. The van der Waals surface area contributed by atoms with Gasteiger partial charge in [-0.05, 0) is 0 Å². The van der Waals surface area contributed by atoms with Gasteiger partial charge in [0.15, 0.2) is 0 Å². The molecule has 1 heterocycles. The highest BCUT2D eigenvalue weighted by Crippen LogP contribution is 2.27. The first-order chi connectivity index (χ1) is 5.02. The molecule has 0 unspecified atom stereocenters. The average molecular weight is 158 g/mol. The van der Waals surface area contributed by atoms with E-state index in [2.05, 4.69) is 0 Å². The molecule has 1 aliphatic rings. The molecule has 1 fully saturated rings. The van der Waals surface area contributed by atoms with Gasteiger partial charge in [-0.3, -0.25) is 9.59 Å². The van der Waals surface area contributed by atoms with Gasteiger partial charge in [-0.15, -0.1) is 0 Å². The van der Waals surface area contributed by atoms with Crippen molar-refractivity contribution in [3.8, 4) is 0 Å². The molecule has 0 amide bonds. The van der Waals surface area contributed by atoms with Crippen LogP contribution in [0.5, 0.6) is 0 Å². The second-order valence-corrected chi connectivity index (χ2v) is 2.70.